The SMILES string of the molecule is CCn1ccc(CNc2ccc(Br)c(Cl)c2)c1. The molecule has 0 fully saturated rings. The number of nitrogens with one attached hydrogen (secondary N) is 1. The van der Waals surface area contributed by atoms with Gasteiger partial charge in [-0.05, 0) is 52.7 Å². The highest BCUT2D eigenvalue weighted by Crippen LogP contribution is 2.25. The van der Waals surface area contributed by atoms with Crippen LogP contribution in [0.4, 0.5) is 5.69 Å². The Morgan fingerprint density at radius 3 is 2.82 bits per heavy atom. The number of hydrogen-bond acceptors (Lipinski definition) is 1. The van der Waals surface area contributed by atoms with Gasteiger partial charge in [-0.25, -0.2) is 0 Å². The maximum Gasteiger partial charge on any atom is 0.0568 e. The van der Waals surface area contributed by atoms with Crippen LogP contribution < -0.4 is 5.32 Å². The third kappa shape index (κ3) is 3.27. The van der Waals surface area contributed by atoms with E-state index in [0.717, 1.165) is 28.3 Å². The molecule has 0 amide bonds. The Labute approximate surface area is 115 Å². The molecule has 0 bridgehead atoms. The molecule has 0 saturated carbocycles. The van der Waals surface area contributed by atoms with E-state index in [2.05, 4.69) is 51.2 Å². The number of aryl methyl sites for hydroxylation is 1. The predicted molar refractivity (Wildman–Crippen MR) is 76.6 cm³/mol. The molecule has 0 aliphatic carbocycles. The molecule has 0 aliphatic heterocycles. The standard InChI is InChI=1S/C13H14BrClN2/c1-2-17-6-5-10(9-17)8-16-11-3-4-12(14)13(15)7-11/h3-7,9,16H,2,8H2,1H3. The maximum absolute atomic E-state index is 6.03. The van der Waals surface area contributed by atoms with Crippen molar-refractivity contribution >= 4 is 33.2 Å². The lowest BCUT2D eigenvalue weighted by atomic mass is 10.3. The van der Waals surface area contributed by atoms with Gasteiger partial charge in [-0.3, -0.25) is 0 Å². The van der Waals surface area contributed by atoms with Crippen LogP contribution in [0.15, 0.2) is 41.1 Å². The van der Waals surface area contributed by atoms with E-state index < -0.39 is 0 Å². The van der Waals surface area contributed by atoms with E-state index in [9.17, 15) is 0 Å². The van der Waals surface area contributed by atoms with Gasteiger partial charge in [0.15, 0.2) is 0 Å². The smallest absolute Gasteiger partial charge is 0.0568 e. The molecule has 1 aromatic carbocycles. The molecule has 1 aromatic heterocycles. The Morgan fingerprint density at radius 1 is 1.35 bits per heavy atom. The first-order valence-electron chi connectivity index (χ1n) is 5.52. The number of nitrogens with zero attached hydrogens (tertiary/aromatic N) is 1. The number of halogens is 2. The summed E-state index contributed by atoms with van der Waals surface area (Å²) in [6, 6.07) is 7.99. The van der Waals surface area contributed by atoms with E-state index in [1.54, 1.807) is 0 Å². The topological polar surface area (TPSA) is 17.0 Å². The van der Waals surface area contributed by atoms with Crippen molar-refractivity contribution in [3.05, 3.63) is 51.7 Å². The third-order valence-electron chi connectivity index (χ3n) is 2.59. The summed E-state index contributed by atoms with van der Waals surface area (Å²) in [5.41, 5.74) is 2.30. The van der Waals surface area contributed by atoms with E-state index in [4.69, 9.17) is 11.6 Å². The zero-order valence-electron chi connectivity index (χ0n) is 9.58. The Hall–Kier alpha value is -0.930. The molecule has 0 atom stereocenters. The van der Waals surface area contributed by atoms with E-state index in [-0.39, 0.29) is 0 Å². The quantitative estimate of drug-likeness (QED) is 0.877. The zero-order chi connectivity index (χ0) is 12.3. The van der Waals surface area contributed by atoms with Gasteiger partial charge in [-0.1, -0.05) is 11.6 Å². The third-order valence-corrected chi connectivity index (χ3v) is 3.83. The van der Waals surface area contributed by atoms with Gasteiger partial charge in [-0.15, -0.1) is 0 Å². The molecule has 0 saturated heterocycles. The molecule has 0 aliphatic rings. The summed E-state index contributed by atoms with van der Waals surface area (Å²) in [6.07, 6.45) is 4.24. The van der Waals surface area contributed by atoms with Crippen molar-refractivity contribution < 1.29 is 0 Å². The van der Waals surface area contributed by atoms with Crippen molar-refractivity contribution in [1.82, 2.24) is 4.57 Å². The summed E-state index contributed by atoms with van der Waals surface area (Å²) in [5.74, 6) is 0. The summed E-state index contributed by atoms with van der Waals surface area (Å²) in [4.78, 5) is 0. The van der Waals surface area contributed by atoms with Gasteiger partial charge in [-0.2, -0.15) is 0 Å². The minimum absolute atomic E-state index is 0.723. The Balaban J connectivity index is 1.99. The van der Waals surface area contributed by atoms with E-state index in [1.165, 1.54) is 5.56 Å². The molecule has 17 heavy (non-hydrogen) atoms. The fourth-order valence-electron chi connectivity index (χ4n) is 1.60. The molecular formula is C13H14BrClN2. The van der Waals surface area contributed by atoms with Crippen LogP contribution in [0, 0.1) is 0 Å². The van der Waals surface area contributed by atoms with Crippen LogP contribution in [0.3, 0.4) is 0 Å². The van der Waals surface area contributed by atoms with Crippen LogP contribution in [0.25, 0.3) is 0 Å². The molecule has 1 heterocycles. The maximum atomic E-state index is 6.03. The lowest BCUT2D eigenvalue weighted by molar-refractivity contribution is 0.766. The largest absolute Gasteiger partial charge is 0.381 e. The normalized spacial score (nSPS) is 10.5. The van der Waals surface area contributed by atoms with Crippen molar-refractivity contribution in [2.24, 2.45) is 0 Å². The van der Waals surface area contributed by atoms with Gasteiger partial charge >= 0.3 is 0 Å². The fraction of sp³-hybridized carbons (Fsp3) is 0.231. The molecule has 2 aromatic rings. The van der Waals surface area contributed by atoms with Crippen molar-refractivity contribution in [2.45, 2.75) is 20.0 Å². The summed E-state index contributed by atoms with van der Waals surface area (Å²) in [5, 5.41) is 4.07. The molecule has 4 heteroatoms. The lowest BCUT2D eigenvalue weighted by Crippen LogP contribution is -1.98. The van der Waals surface area contributed by atoms with Crippen molar-refractivity contribution in [3.8, 4) is 0 Å². The van der Waals surface area contributed by atoms with E-state index in [1.807, 2.05) is 18.2 Å². The first kappa shape index (κ1) is 12.5. The average molecular weight is 314 g/mol. The highest BCUT2D eigenvalue weighted by atomic mass is 79.9. The van der Waals surface area contributed by atoms with Crippen LogP contribution in [-0.4, -0.2) is 4.57 Å². The second kappa shape index (κ2) is 5.61. The number of benzene rings is 1. The molecule has 1 N–H and O–H groups in total. The van der Waals surface area contributed by atoms with Gasteiger partial charge in [0.2, 0.25) is 0 Å². The van der Waals surface area contributed by atoms with Crippen LogP contribution in [0.1, 0.15) is 12.5 Å². The lowest BCUT2D eigenvalue weighted by Gasteiger charge is -2.06. The number of aromatic nitrogens is 1. The molecular weight excluding hydrogens is 300 g/mol. The molecule has 2 nitrogen and oxygen atoms in total. The second-order valence-corrected chi connectivity index (χ2v) is 5.09. The molecule has 2 rings (SSSR count). The summed E-state index contributed by atoms with van der Waals surface area (Å²) in [7, 11) is 0. The van der Waals surface area contributed by atoms with Crippen LogP contribution in [-0.2, 0) is 13.1 Å². The average Bonchev–Trinajstić information content (AvgIpc) is 2.79. The molecule has 0 radical (unpaired) electrons. The number of anilines is 1. The van der Waals surface area contributed by atoms with E-state index >= 15 is 0 Å². The minimum Gasteiger partial charge on any atom is -0.381 e. The summed E-state index contributed by atoms with van der Waals surface area (Å²) >= 11 is 9.41. The van der Waals surface area contributed by atoms with E-state index in [0.29, 0.717) is 0 Å². The summed E-state index contributed by atoms with van der Waals surface area (Å²) < 4.78 is 3.08. The second-order valence-electron chi connectivity index (χ2n) is 3.83. The first-order chi connectivity index (χ1) is 8.19. The number of rotatable bonds is 4. The van der Waals surface area contributed by atoms with Gasteiger partial charge in [0.1, 0.15) is 0 Å². The predicted octanol–water partition coefficient (Wildman–Crippen LogP) is 4.54. The summed E-state index contributed by atoms with van der Waals surface area (Å²) in [6.45, 7) is 3.95. The Morgan fingerprint density at radius 2 is 2.18 bits per heavy atom. The van der Waals surface area contributed by atoms with Crippen LogP contribution in [0.2, 0.25) is 5.02 Å². The monoisotopic (exact) mass is 312 g/mol. The molecule has 90 valence electrons. The van der Waals surface area contributed by atoms with Crippen LogP contribution >= 0.6 is 27.5 Å². The van der Waals surface area contributed by atoms with Gasteiger partial charge in [0.05, 0.1) is 5.02 Å². The van der Waals surface area contributed by atoms with Gasteiger partial charge < -0.3 is 9.88 Å². The van der Waals surface area contributed by atoms with Crippen molar-refractivity contribution in [3.63, 3.8) is 0 Å². The first-order valence-corrected chi connectivity index (χ1v) is 6.69. The highest BCUT2D eigenvalue weighted by Gasteiger charge is 2.00. The fourth-order valence-corrected chi connectivity index (χ4v) is 2.03. The number of hydrogen-bond donors (Lipinski definition) is 1. The van der Waals surface area contributed by atoms with Crippen molar-refractivity contribution in [2.75, 3.05) is 5.32 Å². The van der Waals surface area contributed by atoms with Gasteiger partial charge in [0, 0.05) is 35.6 Å². The Bertz CT molecular complexity index is 508. The van der Waals surface area contributed by atoms with Crippen LogP contribution in [0.5, 0.6) is 0 Å². The molecule has 0 spiro atoms. The minimum atomic E-state index is 0.723. The van der Waals surface area contributed by atoms with Crippen molar-refractivity contribution in [1.29, 1.82) is 0 Å². The Kier molecular flexibility index (Phi) is 4.13. The zero-order valence-corrected chi connectivity index (χ0v) is 11.9. The van der Waals surface area contributed by atoms with Gasteiger partial charge in [0.25, 0.3) is 0 Å². The molecule has 0 unspecified atom stereocenters. The highest BCUT2D eigenvalue weighted by molar-refractivity contribution is 9.10.